The fourth-order valence-corrected chi connectivity index (χ4v) is 2.18. The monoisotopic (exact) mass is 324 g/mol. The maximum atomic E-state index is 13.0. The summed E-state index contributed by atoms with van der Waals surface area (Å²) >= 11 is 3.06. The summed E-state index contributed by atoms with van der Waals surface area (Å²) in [6.45, 7) is 1.99. The van der Waals surface area contributed by atoms with Crippen molar-refractivity contribution in [2.45, 2.75) is 38.4 Å². The molecule has 1 aromatic rings. The minimum atomic E-state index is -4.37. The fourth-order valence-electron chi connectivity index (χ4n) is 1.81. The number of rotatable bonds is 5. The van der Waals surface area contributed by atoms with Crippen molar-refractivity contribution in [3.63, 3.8) is 0 Å². The number of hydrogen-bond donors (Lipinski definition) is 2. The van der Waals surface area contributed by atoms with Crippen LogP contribution < -0.4 is 11.3 Å². The number of nitrogens with two attached hydrogens (primary N) is 1. The molecule has 0 spiro atoms. The molecular weight excluding hydrogens is 309 g/mol. The van der Waals surface area contributed by atoms with Gasteiger partial charge in [0.25, 0.3) is 0 Å². The van der Waals surface area contributed by atoms with E-state index in [1.807, 2.05) is 6.92 Å². The molecule has 0 amide bonds. The van der Waals surface area contributed by atoms with Crippen molar-refractivity contribution < 1.29 is 13.2 Å². The second kappa shape index (κ2) is 6.54. The Hall–Kier alpha value is -0.590. The molecule has 0 bridgehead atoms. The van der Waals surface area contributed by atoms with Gasteiger partial charge in [0, 0.05) is 10.5 Å². The van der Waals surface area contributed by atoms with Gasteiger partial charge in [0.15, 0.2) is 0 Å². The molecule has 102 valence electrons. The van der Waals surface area contributed by atoms with E-state index in [9.17, 15) is 13.2 Å². The van der Waals surface area contributed by atoms with Crippen LogP contribution in [0.15, 0.2) is 22.7 Å². The second-order valence-electron chi connectivity index (χ2n) is 4.09. The molecule has 0 radical (unpaired) electrons. The molecule has 0 aliphatic rings. The van der Waals surface area contributed by atoms with Crippen molar-refractivity contribution in [1.29, 1.82) is 0 Å². The van der Waals surface area contributed by atoms with E-state index in [0.29, 0.717) is 10.9 Å². The molecule has 3 N–H and O–H groups in total. The first-order chi connectivity index (χ1) is 8.40. The van der Waals surface area contributed by atoms with Gasteiger partial charge < -0.3 is 0 Å². The van der Waals surface area contributed by atoms with Crippen molar-refractivity contribution in [1.82, 2.24) is 5.43 Å². The largest absolute Gasteiger partial charge is 0.416 e. The number of hydrazine groups is 1. The Kier molecular flexibility index (Phi) is 5.62. The topological polar surface area (TPSA) is 38.0 Å². The fraction of sp³-hybridized carbons (Fsp3) is 0.500. The summed E-state index contributed by atoms with van der Waals surface area (Å²) in [5.74, 6) is 5.37. The average Bonchev–Trinajstić information content (AvgIpc) is 2.30. The van der Waals surface area contributed by atoms with E-state index in [-0.39, 0.29) is 5.56 Å². The second-order valence-corrected chi connectivity index (χ2v) is 5.01. The van der Waals surface area contributed by atoms with Crippen LogP contribution in [-0.4, -0.2) is 0 Å². The third-order valence-electron chi connectivity index (χ3n) is 2.74. The molecule has 1 aromatic carbocycles. The molecule has 0 saturated heterocycles. The lowest BCUT2D eigenvalue weighted by molar-refractivity contribution is -0.138. The zero-order chi connectivity index (χ0) is 13.8. The Morgan fingerprint density at radius 2 is 2.06 bits per heavy atom. The lowest BCUT2D eigenvalue weighted by Crippen LogP contribution is -2.29. The minimum Gasteiger partial charge on any atom is -0.271 e. The SMILES string of the molecule is CCCCC(NN)c1ccc(Br)cc1C(F)(F)F. The Bertz CT molecular complexity index is 393. The lowest BCUT2D eigenvalue weighted by atomic mass is 9.96. The standard InChI is InChI=1S/C12H16BrF3N2/c1-2-3-4-11(18-17)9-6-5-8(13)7-10(9)12(14,15)16/h5-7,11,18H,2-4,17H2,1H3. The molecule has 0 fully saturated rings. The molecule has 0 heterocycles. The Balaban J connectivity index is 3.13. The number of benzene rings is 1. The number of unbranched alkanes of at least 4 members (excludes halogenated alkanes) is 1. The van der Waals surface area contributed by atoms with Crippen molar-refractivity contribution in [3.8, 4) is 0 Å². The zero-order valence-electron chi connectivity index (χ0n) is 10.0. The highest BCUT2D eigenvalue weighted by Crippen LogP contribution is 2.37. The van der Waals surface area contributed by atoms with E-state index in [1.165, 1.54) is 6.07 Å². The van der Waals surface area contributed by atoms with Crippen LogP contribution in [0, 0.1) is 0 Å². The summed E-state index contributed by atoms with van der Waals surface area (Å²) in [7, 11) is 0. The van der Waals surface area contributed by atoms with Crippen molar-refractivity contribution in [2.24, 2.45) is 5.84 Å². The van der Waals surface area contributed by atoms with Crippen LogP contribution in [0.25, 0.3) is 0 Å². The first-order valence-electron chi connectivity index (χ1n) is 5.73. The molecule has 0 aliphatic heterocycles. The van der Waals surface area contributed by atoms with Crippen LogP contribution in [0.4, 0.5) is 13.2 Å². The first-order valence-corrected chi connectivity index (χ1v) is 6.52. The summed E-state index contributed by atoms with van der Waals surface area (Å²) in [6, 6.07) is 3.68. The molecule has 1 rings (SSSR count). The Labute approximate surface area is 113 Å². The summed E-state index contributed by atoms with van der Waals surface area (Å²) in [5, 5.41) is 0. The van der Waals surface area contributed by atoms with Gasteiger partial charge in [-0.25, -0.2) is 0 Å². The number of alkyl halides is 3. The first kappa shape index (κ1) is 15.5. The quantitative estimate of drug-likeness (QED) is 0.630. The summed E-state index contributed by atoms with van der Waals surface area (Å²) in [6.07, 6.45) is -2.06. The molecular formula is C12H16BrF3N2. The van der Waals surface area contributed by atoms with Gasteiger partial charge in [0.05, 0.1) is 5.56 Å². The van der Waals surface area contributed by atoms with E-state index in [1.54, 1.807) is 6.07 Å². The Morgan fingerprint density at radius 3 is 2.56 bits per heavy atom. The molecule has 18 heavy (non-hydrogen) atoms. The van der Waals surface area contributed by atoms with E-state index in [2.05, 4.69) is 21.4 Å². The van der Waals surface area contributed by atoms with Gasteiger partial charge in [-0.2, -0.15) is 13.2 Å². The predicted octanol–water partition coefficient (Wildman–Crippen LogP) is 4.16. The maximum absolute atomic E-state index is 13.0. The highest BCUT2D eigenvalue weighted by molar-refractivity contribution is 9.10. The van der Waals surface area contributed by atoms with Crippen LogP contribution in [-0.2, 0) is 6.18 Å². The van der Waals surface area contributed by atoms with Crippen LogP contribution in [0.2, 0.25) is 0 Å². The van der Waals surface area contributed by atoms with Crippen LogP contribution >= 0.6 is 15.9 Å². The van der Waals surface area contributed by atoms with E-state index in [0.717, 1.165) is 18.9 Å². The molecule has 1 atom stereocenters. The number of halogens is 4. The van der Waals surface area contributed by atoms with Crippen LogP contribution in [0.5, 0.6) is 0 Å². The third-order valence-corrected chi connectivity index (χ3v) is 3.24. The average molecular weight is 325 g/mol. The molecule has 0 saturated carbocycles. The molecule has 0 aliphatic carbocycles. The Morgan fingerprint density at radius 1 is 1.39 bits per heavy atom. The minimum absolute atomic E-state index is 0.196. The van der Waals surface area contributed by atoms with Gasteiger partial charge in [-0.05, 0) is 24.1 Å². The highest BCUT2D eigenvalue weighted by Gasteiger charge is 2.35. The smallest absolute Gasteiger partial charge is 0.271 e. The van der Waals surface area contributed by atoms with Crippen LogP contribution in [0.1, 0.15) is 43.4 Å². The number of nitrogens with one attached hydrogen (secondary N) is 1. The predicted molar refractivity (Wildman–Crippen MR) is 68.7 cm³/mol. The van der Waals surface area contributed by atoms with E-state index >= 15 is 0 Å². The van der Waals surface area contributed by atoms with Gasteiger partial charge in [-0.15, -0.1) is 0 Å². The van der Waals surface area contributed by atoms with Crippen molar-refractivity contribution >= 4 is 15.9 Å². The van der Waals surface area contributed by atoms with Gasteiger partial charge in [0.1, 0.15) is 0 Å². The zero-order valence-corrected chi connectivity index (χ0v) is 11.6. The van der Waals surface area contributed by atoms with Gasteiger partial charge in [-0.3, -0.25) is 11.3 Å². The summed E-state index contributed by atoms with van der Waals surface area (Å²) in [4.78, 5) is 0. The van der Waals surface area contributed by atoms with Crippen LogP contribution in [0.3, 0.4) is 0 Å². The molecule has 0 aromatic heterocycles. The molecule has 6 heteroatoms. The summed E-state index contributed by atoms with van der Waals surface area (Å²) in [5.41, 5.74) is 2.02. The number of hydrogen-bond acceptors (Lipinski definition) is 2. The lowest BCUT2D eigenvalue weighted by Gasteiger charge is -2.21. The van der Waals surface area contributed by atoms with Crippen molar-refractivity contribution in [2.75, 3.05) is 0 Å². The van der Waals surface area contributed by atoms with E-state index < -0.39 is 17.8 Å². The van der Waals surface area contributed by atoms with Gasteiger partial charge >= 0.3 is 6.18 Å². The third kappa shape index (κ3) is 3.96. The normalized spacial score (nSPS) is 13.7. The van der Waals surface area contributed by atoms with Gasteiger partial charge in [-0.1, -0.05) is 41.8 Å². The maximum Gasteiger partial charge on any atom is 0.416 e. The molecule has 1 unspecified atom stereocenters. The van der Waals surface area contributed by atoms with Crippen molar-refractivity contribution in [3.05, 3.63) is 33.8 Å². The van der Waals surface area contributed by atoms with Gasteiger partial charge in [0.2, 0.25) is 0 Å². The highest BCUT2D eigenvalue weighted by atomic mass is 79.9. The summed E-state index contributed by atoms with van der Waals surface area (Å²) < 4.78 is 39.3. The van der Waals surface area contributed by atoms with E-state index in [4.69, 9.17) is 5.84 Å². The molecule has 2 nitrogen and oxygen atoms in total.